The van der Waals surface area contributed by atoms with E-state index in [9.17, 15) is 9.90 Å². The first-order chi connectivity index (χ1) is 12.2. The molecule has 0 saturated heterocycles. The summed E-state index contributed by atoms with van der Waals surface area (Å²) in [5.74, 6) is 0.110. The van der Waals surface area contributed by atoms with E-state index >= 15 is 0 Å². The summed E-state index contributed by atoms with van der Waals surface area (Å²) in [6.45, 7) is 3.40. The number of carbonyl (C=O) groups is 1. The molecule has 0 bridgehead atoms. The number of methoxy groups -OCH3 is 1. The van der Waals surface area contributed by atoms with Crippen molar-refractivity contribution in [2.24, 2.45) is 5.92 Å². The van der Waals surface area contributed by atoms with Crippen molar-refractivity contribution in [2.45, 2.75) is 32.0 Å². The second-order valence-electron chi connectivity index (χ2n) is 5.79. The van der Waals surface area contributed by atoms with Gasteiger partial charge in [-0.25, -0.2) is 0 Å². The minimum absolute atomic E-state index is 0.0278. The molecule has 0 aromatic carbocycles. The van der Waals surface area contributed by atoms with Crippen molar-refractivity contribution in [3.8, 4) is 0 Å². The van der Waals surface area contributed by atoms with Crippen LogP contribution in [0, 0.1) is 5.92 Å². The molecule has 140 valence electrons. The van der Waals surface area contributed by atoms with Crippen LogP contribution >= 0.6 is 11.3 Å². The maximum absolute atomic E-state index is 12.4. The molecule has 0 fully saturated rings. The molecule has 0 saturated carbocycles. The maximum Gasteiger partial charge on any atom is 0.286 e. The first kappa shape index (κ1) is 19.9. The number of aliphatic hydroxyl groups is 1. The summed E-state index contributed by atoms with van der Waals surface area (Å²) in [5.41, 5.74) is 0. The Balaban J connectivity index is 2.23. The molecule has 1 aliphatic rings. The van der Waals surface area contributed by atoms with Crippen LogP contribution in [0.3, 0.4) is 0 Å². The van der Waals surface area contributed by atoms with Crippen LogP contribution in [0.2, 0.25) is 0 Å². The van der Waals surface area contributed by atoms with Crippen LogP contribution in [0.5, 0.6) is 0 Å². The fourth-order valence-electron chi connectivity index (χ4n) is 2.93. The highest BCUT2D eigenvalue weighted by Gasteiger charge is 2.38. The van der Waals surface area contributed by atoms with E-state index in [1.165, 1.54) is 0 Å². The Morgan fingerprint density at radius 3 is 2.96 bits per heavy atom. The van der Waals surface area contributed by atoms with E-state index in [0.717, 1.165) is 11.3 Å². The molecule has 2 N–H and O–H groups in total. The van der Waals surface area contributed by atoms with Crippen molar-refractivity contribution in [3.63, 3.8) is 0 Å². The monoisotopic (exact) mass is 369 g/mol. The molecule has 25 heavy (non-hydrogen) atoms. The quantitative estimate of drug-likeness (QED) is 0.619. The van der Waals surface area contributed by atoms with Crippen molar-refractivity contribution < 1.29 is 24.1 Å². The number of amides is 1. The zero-order valence-corrected chi connectivity index (χ0v) is 15.6. The third-order valence-electron chi connectivity index (χ3n) is 4.10. The van der Waals surface area contributed by atoms with Crippen LogP contribution in [0.15, 0.2) is 29.3 Å². The number of carbonyl (C=O) groups excluding carboxylic acids is 1. The van der Waals surface area contributed by atoms with Gasteiger partial charge in [-0.1, -0.05) is 6.07 Å². The summed E-state index contributed by atoms with van der Waals surface area (Å²) in [4.78, 5) is 13.6. The fourth-order valence-corrected chi connectivity index (χ4v) is 3.80. The molecule has 2 rings (SSSR count). The predicted molar refractivity (Wildman–Crippen MR) is 96.3 cm³/mol. The van der Waals surface area contributed by atoms with Crippen molar-refractivity contribution in [2.75, 3.05) is 33.5 Å². The van der Waals surface area contributed by atoms with E-state index in [0.29, 0.717) is 26.2 Å². The third-order valence-corrected chi connectivity index (χ3v) is 5.07. The van der Waals surface area contributed by atoms with Crippen LogP contribution in [-0.2, 0) is 19.0 Å². The van der Waals surface area contributed by atoms with Crippen molar-refractivity contribution >= 4 is 17.2 Å². The minimum atomic E-state index is -0.503. The lowest BCUT2D eigenvalue weighted by molar-refractivity contribution is -0.166. The summed E-state index contributed by atoms with van der Waals surface area (Å²) >= 11 is 1.65. The molecule has 0 unspecified atom stereocenters. The minimum Gasteiger partial charge on any atom is -0.459 e. The van der Waals surface area contributed by atoms with Gasteiger partial charge in [-0.3, -0.25) is 4.79 Å². The van der Waals surface area contributed by atoms with Crippen LogP contribution in [0.4, 0.5) is 0 Å². The number of hydrogen-bond donors (Lipinski definition) is 2. The molecule has 2 heterocycles. The Hall–Kier alpha value is -1.41. The lowest BCUT2D eigenvalue weighted by Crippen LogP contribution is -2.39. The molecular weight excluding hydrogens is 342 g/mol. The topological polar surface area (TPSA) is 77.0 Å². The second kappa shape index (κ2) is 10.6. The number of hydrogen-bond acceptors (Lipinski definition) is 6. The number of allylic oxidation sites excluding steroid dienone is 1. The molecule has 0 spiro atoms. The summed E-state index contributed by atoms with van der Waals surface area (Å²) in [7, 11) is 1.59. The summed E-state index contributed by atoms with van der Waals surface area (Å²) < 4.78 is 16.6. The van der Waals surface area contributed by atoms with Crippen LogP contribution in [-0.4, -0.2) is 50.8 Å². The zero-order chi connectivity index (χ0) is 18.1. The fraction of sp³-hybridized carbons (Fsp3) is 0.611. The van der Waals surface area contributed by atoms with Gasteiger partial charge in [0.05, 0.1) is 6.61 Å². The van der Waals surface area contributed by atoms with Gasteiger partial charge in [0, 0.05) is 43.6 Å². The molecule has 0 aliphatic carbocycles. The van der Waals surface area contributed by atoms with Gasteiger partial charge in [-0.2, -0.15) is 0 Å². The van der Waals surface area contributed by atoms with Crippen LogP contribution < -0.4 is 5.32 Å². The largest absolute Gasteiger partial charge is 0.459 e. The van der Waals surface area contributed by atoms with E-state index in [1.807, 2.05) is 24.4 Å². The molecule has 1 amide bonds. The summed E-state index contributed by atoms with van der Waals surface area (Å²) in [6.07, 6.45) is 2.81. The highest BCUT2D eigenvalue weighted by atomic mass is 32.1. The molecule has 7 heteroatoms. The Kier molecular flexibility index (Phi) is 8.40. The predicted octanol–water partition coefficient (Wildman–Crippen LogP) is 2.26. The number of nitrogens with one attached hydrogen (secondary N) is 1. The van der Waals surface area contributed by atoms with Gasteiger partial charge < -0.3 is 24.6 Å². The average molecular weight is 369 g/mol. The Bertz CT molecular complexity index is 546. The van der Waals surface area contributed by atoms with Crippen molar-refractivity contribution in [1.29, 1.82) is 0 Å². The highest BCUT2D eigenvalue weighted by Crippen LogP contribution is 2.40. The lowest BCUT2D eigenvalue weighted by Gasteiger charge is -2.36. The molecule has 1 aliphatic heterocycles. The molecular formula is C18H27NO5S. The Labute approximate surface area is 152 Å². The van der Waals surface area contributed by atoms with Crippen molar-refractivity contribution in [3.05, 3.63) is 34.2 Å². The number of thiophene rings is 1. The van der Waals surface area contributed by atoms with E-state index in [-0.39, 0.29) is 30.1 Å². The van der Waals surface area contributed by atoms with Gasteiger partial charge in [-0.05, 0) is 37.3 Å². The van der Waals surface area contributed by atoms with Gasteiger partial charge in [0.15, 0.2) is 5.76 Å². The first-order valence-corrected chi connectivity index (χ1v) is 9.50. The highest BCUT2D eigenvalue weighted by molar-refractivity contribution is 7.10. The maximum atomic E-state index is 12.4. The van der Waals surface area contributed by atoms with Gasteiger partial charge in [-0.15, -0.1) is 11.3 Å². The first-order valence-electron chi connectivity index (χ1n) is 8.62. The van der Waals surface area contributed by atoms with Gasteiger partial charge >= 0.3 is 0 Å². The lowest BCUT2D eigenvalue weighted by atomic mass is 9.84. The molecule has 6 nitrogen and oxygen atoms in total. The average Bonchev–Trinajstić information content (AvgIpc) is 3.15. The molecule has 3 atom stereocenters. The second-order valence-corrected chi connectivity index (χ2v) is 6.77. The van der Waals surface area contributed by atoms with Crippen LogP contribution in [0.25, 0.3) is 0 Å². The number of ether oxygens (including phenoxy) is 3. The SMILES string of the molecule is CCO[C@H]1OC(C(=O)NCCOC)=C[C@@H](c2cccs2)[C@@H]1CCCO. The van der Waals surface area contributed by atoms with E-state index in [1.54, 1.807) is 18.4 Å². The Morgan fingerprint density at radius 2 is 2.32 bits per heavy atom. The normalized spacial score (nSPS) is 23.0. The van der Waals surface area contributed by atoms with E-state index in [2.05, 4.69) is 11.4 Å². The summed E-state index contributed by atoms with van der Waals surface area (Å²) in [6, 6.07) is 4.06. The summed E-state index contributed by atoms with van der Waals surface area (Å²) in [5, 5.41) is 14.0. The molecule has 0 radical (unpaired) electrons. The third kappa shape index (κ3) is 5.54. The molecule has 1 aromatic rings. The number of rotatable bonds is 10. The van der Waals surface area contributed by atoms with Gasteiger partial charge in [0.25, 0.3) is 5.91 Å². The van der Waals surface area contributed by atoms with Gasteiger partial charge in [0.1, 0.15) is 0 Å². The van der Waals surface area contributed by atoms with Crippen LogP contribution in [0.1, 0.15) is 30.6 Å². The number of aliphatic hydroxyl groups excluding tert-OH is 1. The van der Waals surface area contributed by atoms with E-state index in [4.69, 9.17) is 14.2 Å². The Morgan fingerprint density at radius 1 is 1.48 bits per heavy atom. The van der Waals surface area contributed by atoms with Gasteiger partial charge in [0.2, 0.25) is 6.29 Å². The zero-order valence-electron chi connectivity index (χ0n) is 14.8. The van der Waals surface area contributed by atoms with Crippen molar-refractivity contribution in [1.82, 2.24) is 5.32 Å². The smallest absolute Gasteiger partial charge is 0.286 e. The van der Waals surface area contributed by atoms with E-state index < -0.39 is 6.29 Å². The standard InChI is InChI=1S/C18H27NO5S/c1-3-23-18-13(6-4-9-20)14(16-7-5-11-25-16)12-15(24-18)17(21)19-8-10-22-2/h5,7,11-14,18,20H,3-4,6,8-10H2,1-2H3,(H,19,21)/t13-,14+,18-/m0/s1. The molecule has 1 aromatic heterocycles.